The van der Waals surface area contributed by atoms with E-state index in [2.05, 4.69) is 5.32 Å². The molecule has 12 heavy (non-hydrogen) atoms. The van der Waals surface area contributed by atoms with E-state index in [-0.39, 0.29) is 12.5 Å². The Morgan fingerprint density at radius 2 is 2.25 bits per heavy atom. The number of nitrogens with one attached hydrogen (secondary N) is 1. The molecule has 0 aliphatic rings. The molecule has 4 heteroatoms. The second-order valence-corrected chi connectivity index (χ2v) is 2.52. The summed E-state index contributed by atoms with van der Waals surface area (Å²) in [6.45, 7) is 1.27. The highest BCUT2D eigenvalue weighted by Gasteiger charge is 1.98. The van der Waals surface area contributed by atoms with Crippen LogP contribution < -0.4 is 5.32 Å². The zero-order chi connectivity index (χ0) is 9.23. The Morgan fingerprint density at radius 3 is 2.83 bits per heavy atom. The van der Waals surface area contributed by atoms with Crippen LogP contribution in [0, 0.1) is 0 Å². The summed E-state index contributed by atoms with van der Waals surface area (Å²) in [6, 6.07) is 0. The molecule has 0 fully saturated rings. The molecule has 0 unspecified atom stereocenters. The quantitative estimate of drug-likeness (QED) is 0.532. The minimum atomic E-state index is 0.0282. The van der Waals surface area contributed by atoms with Gasteiger partial charge in [-0.1, -0.05) is 0 Å². The maximum atomic E-state index is 10.9. The normalized spacial score (nSPS) is 9.83. The minimum Gasteiger partial charge on any atom is -0.396 e. The summed E-state index contributed by atoms with van der Waals surface area (Å²) in [7, 11) is 1.60. The first-order chi connectivity index (χ1) is 5.81. The molecule has 0 heterocycles. The number of hydrogen-bond donors (Lipinski definition) is 2. The highest BCUT2D eigenvalue weighted by Crippen LogP contribution is 1.92. The number of aliphatic hydroxyl groups is 1. The third kappa shape index (κ3) is 7.50. The smallest absolute Gasteiger partial charge is 0.220 e. The number of hydrogen-bond acceptors (Lipinski definition) is 3. The van der Waals surface area contributed by atoms with E-state index >= 15 is 0 Å². The van der Waals surface area contributed by atoms with Gasteiger partial charge in [0.1, 0.15) is 0 Å². The third-order valence-corrected chi connectivity index (χ3v) is 1.44. The van der Waals surface area contributed by atoms with E-state index in [1.54, 1.807) is 7.11 Å². The van der Waals surface area contributed by atoms with E-state index in [0.717, 1.165) is 6.42 Å². The number of unbranched alkanes of at least 4 members (excludes halogenated alkanes) is 1. The van der Waals surface area contributed by atoms with Crippen molar-refractivity contribution >= 4 is 5.91 Å². The monoisotopic (exact) mass is 175 g/mol. The zero-order valence-electron chi connectivity index (χ0n) is 7.51. The molecule has 0 saturated heterocycles. The predicted octanol–water partition coefficient (Wildman–Crippen LogP) is -0.0884. The van der Waals surface area contributed by atoms with E-state index in [0.29, 0.717) is 26.0 Å². The van der Waals surface area contributed by atoms with Crippen LogP contribution in [-0.4, -0.2) is 37.9 Å². The largest absolute Gasteiger partial charge is 0.396 e. The van der Waals surface area contributed by atoms with Gasteiger partial charge in [0.05, 0.1) is 6.61 Å². The van der Waals surface area contributed by atoms with E-state index in [9.17, 15) is 4.79 Å². The van der Waals surface area contributed by atoms with Crippen molar-refractivity contribution < 1.29 is 14.6 Å². The van der Waals surface area contributed by atoms with Crippen molar-refractivity contribution in [2.24, 2.45) is 0 Å². The van der Waals surface area contributed by atoms with Crippen LogP contribution in [0.2, 0.25) is 0 Å². The van der Waals surface area contributed by atoms with Gasteiger partial charge in [-0.05, 0) is 12.8 Å². The fourth-order valence-electron chi connectivity index (χ4n) is 0.778. The minimum absolute atomic E-state index is 0.0282. The van der Waals surface area contributed by atoms with Crippen LogP contribution in [0.1, 0.15) is 19.3 Å². The molecule has 72 valence electrons. The topological polar surface area (TPSA) is 58.6 Å². The van der Waals surface area contributed by atoms with Gasteiger partial charge in [0.15, 0.2) is 0 Å². The van der Waals surface area contributed by atoms with Crippen molar-refractivity contribution in [3.8, 4) is 0 Å². The Kier molecular flexibility index (Phi) is 8.05. The molecule has 0 radical (unpaired) electrons. The molecule has 0 atom stereocenters. The first kappa shape index (κ1) is 11.4. The number of methoxy groups -OCH3 is 1. The molecule has 1 amide bonds. The fourth-order valence-corrected chi connectivity index (χ4v) is 0.778. The lowest BCUT2D eigenvalue weighted by molar-refractivity contribution is -0.121. The van der Waals surface area contributed by atoms with Gasteiger partial charge >= 0.3 is 0 Å². The summed E-state index contributed by atoms with van der Waals surface area (Å²) in [5.41, 5.74) is 0. The summed E-state index contributed by atoms with van der Waals surface area (Å²) in [6.07, 6.45) is 1.93. The molecule has 0 aliphatic heterocycles. The van der Waals surface area contributed by atoms with Gasteiger partial charge < -0.3 is 15.2 Å². The summed E-state index contributed by atoms with van der Waals surface area (Å²) < 4.78 is 4.76. The van der Waals surface area contributed by atoms with Crippen LogP contribution in [0.3, 0.4) is 0 Å². The lowest BCUT2D eigenvalue weighted by Gasteiger charge is -2.02. The molecule has 0 spiro atoms. The molecule has 2 N–H and O–H groups in total. The summed E-state index contributed by atoms with van der Waals surface area (Å²) in [4.78, 5) is 10.9. The van der Waals surface area contributed by atoms with E-state index in [1.807, 2.05) is 0 Å². The molecule has 0 aromatic carbocycles. The molecule has 0 aromatic rings. The van der Waals surface area contributed by atoms with Gasteiger partial charge in [-0.15, -0.1) is 0 Å². The second kappa shape index (κ2) is 8.49. The van der Waals surface area contributed by atoms with Gasteiger partial charge in [0, 0.05) is 26.7 Å². The lowest BCUT2D eigenvalue weighted by atomic mass is 10.2. The van der Waals surface area contributed by atoms with Crippen LogP contribution in [0.15, 0.2) is 0 Å². The average molecular weight is 175 g/mol. The Hall–Kier alpha value is -0.610. The standard InChI is InChI=1S/C8H17NO3/c1-12-7-5-9-8(11)4-2-3-6-10/h10H,2-7H2,1H3,(H,9,11). The van der Waals surface area contributed by atoms with Crippen LogP contribution in [-0.2, 0) is 9.53 Å². The number of rotatable bonds is 7. The molecule has 0 aliphatic carbocycles. The lowest BCUT2D eigenvalue weighted by Crippen LogP contribution is -2.26. The van der Waals surface area contributed by atoms with E-state index in [4.69, 9.17) is 9.84 Å². The van der Waals surface area contributed by atoms with Crippen molar-refractivity contribution in [3.63, 3.8) is 0 Å². The number of amides is 1. The summed E-state index contributed by atoms with van der Waals surface area (Å²) in [5.74, 6) is 0.0282. The molecule has 0 rings (SSSR count). The first-order valence-electron chi connectivity index (χ1n) is 4.17. The molecule has 0 saturated carbocycles. The van der Waals surface area contributed by atoms with Gasteiger partial charge in [-0.25, -0.2) is 0 Å². The van der Waals surface area contributed by atoms with Crippen molar-refractivity contribution in [1.29, 1.82) is 0 Å². The summed E-state index contributed by atoms with van der Waals surface area (Å²) in [5, 5.41) is 11.1. The molecule has 0 bridgehead atoms. The molecular formula is C8H17NO3. The van der Waals surface area contributed by atoms with Gasteiger partial charge in [-0.3, -0.25) is 4.79 Å². The van der Waals surface area contributed by atoms with Gasteiger partial charge in [0.2, 0.25) is 5.91 Å². The number of aliphatic hydroxyl groups excluding tert-OH is 1. The zero-order valence-corrected chi connectivity index (χ0v) is 7.51. The predicted molar refractivity (Wildman–Crippen MR) is 45.8 cm³/mol. The fraction of sp³-hybridized carbons (Fsp3) is 0.875. The highest BCUT2D eigenvalue weighted by atomic mass is 16.5. The maximum Gasteiger partial charge on any atom is 0.220 e. The Balaban J connectivity index is 3.10. The van der Waals surface area contributed by atoms with Crippen LogP contribution in [0.5, 0.6) is 0 Å². The Labute approximate surface area is 72.9 Å². The molecular weight excluding hydrogens is 158 g/mol. The van der Waals surface area contributed by atoms with E-state index in [1.165, 1.54) is 0 Å². The van der Waals surface area contributed by atoms with Crippen molar-refractivity contribution in [2.75, 3.05) is 26.9 Å². The number of carbonyl (C=O) groups is 1. The van der Waals surface area contributed by atoms with Crippen molar-refractivity contribution in [1.82, 2.24) is 5.32 Å². The number of ether oxygens (including phenoxy) is 1. The van der Waals surface area contributed by atoms with Crippen molar-refractivity contribution in [2.45, 2.75) is 19.3 Å². The van der Waals surface area contributed by atoms with Crippen LogP contribution in [0.4, 0.5) is 0 Å². The molecule has 4 nitrogen and oxygen atoms in total. The van der Waals surface area contributed by atoms with Crippen molar-refractivity contribution in [3.05, 3.63) is 0 Å². The maximum absolute atomic E-state index is 10.9. The SMILES string of the molecule is COCCNC(=O)CCCCO. The average Bonchev–Trinajstić information content (AvgIpc) is 2.06. The Morgan fingerprint density at radius 1 is 1.50 bits per heavy atom. The van der Waals surface area contributed by atoms with Crippen LogP contribution in [0.25, 0.3) is 0 Å². The Bertz CT molecular complexity index is 105. The molecule has 0 aromatic heterocycles. The van der Waals surface area contributed by atoms with Gasteiger partial charge in [-0.2, -0.15) is 0 Å². The van der Waals surface area contributed by atoms with Crippen LogP contribution >= 0.6 is 0 Å². The highest BCUT2D eigenvalue weighted by molar-refractivity contribution is 5.75. The van der Waals surface area contributed by atoms with Gasteiger partial charge in [0.25, 0.3) is 0 Å². The first-order valence-corrected chi connectivity index (χ1v) is 4.17. The number of carbonyl (C=O) groups excluding carboxylic acids is 1. The summed E-state index contributed by atoms with van der Waals surface area (Å²) >= 11 is 0. The second-order valence-electron chi connectivity index (χ2n) is 2.52. The third-order valence-electron chi connectivity index (χ3n) is 1.44. The van der Waals surface area contributed by atoms with E-state index < -0.39 is 0 Å².